The number of halogens is 4. The van der Waals surface area contributed by atoms with Crippen LogP contribution in [0.4, 0.5) is 8.78 Å². The van der Waals surface area contributed by atoms with E-state index in [0.717, 1.165) is 0 Å². The Morgan fingerprint density at radius 1 is 1.64 bits per heavy atom. The lowest BCUT2D eigenvalue weighted by molar-refractivity contribution is 0.149. The van der Waals surface area contributed by atoms with Crippen LogP contribution in [0.1, 0.15) is 17.6 Å². The highest BCUT2D eigenvalue weighted by Crippen LogP contribution is 2.33. The van der Waals surface area contributed by atoms with Gasteiger partial charge in [-0.3, -0.25) is 0 Å². The van der Waals surface area contributed by atoms with Gasteiger partial charge in [0.05, 0.1) is 7.11 Å². The number of hydrogen-bond acceptors (Lipinski definition) is 2. The van der Waals surface area contributed by atoms with Crippen molar-refractivity contribution in [3.05, 3.63) is 20.9 Å². The molecule has 14 heavy (non-hydrogen) atoms. The van der Waals surface area contributed by atoms with E-state index >= 15 is 0 Å². The molecule has 0 radical (unpaired) electrons. The Morgan fingerprint density at radius 2 is 2.29 bits per heavy atom. The summed E-state index contributed by atoms with van der Waals surface area (Å²) in [6.07, 6.45) is -1.13. The fourth-order valence-corrected chi connectivity index (χ4v) is 2.31. The number of rotatable bonds is 3. The molecule has 0 aliphatic heterocycles. The number of alkyl halides is 3. The highest BCUT2D eigenvalue weighted by atomic mass is 127. The van der Waals surface area contributed by atoms with Crippen molar-refractivity contribution >= 4 is 38.5 Å². The molecule has 1 aromatic heterocycles. The largest absolute Gasteiger partial charge is 0.481 e. The number of methoxy groups -OCH3 is 1. The molecule has 0 unspecified atom stereocenters. The van der Waals surface area contributed by atoms with Gasteiger partial charge >= 0.3 is 0 Å². The Balaban J connectivity index is 3.35. The van der Waals surface area contributed by atoms with Crippen LogP contribution in [-0.2, 0) is 5.33 Å². The molecule has 6 heteroatoms. The van der Waals surface area contributed by atoms with E-state index in [1.165, 1.54) is 13.3 Å². The highest BCUT2D eigenvalue weighted by molar-refractivity contribution is 14.1. The molecule has 0 amide bonds. The van der Waals surface area contributed by atoms with Gasteiger partial charge in [0.15, 0.2) is 0 Å². The zero-order chi connectivity index (χ0) is 10.7. The molecule has 0 atom stereocenters. The first-order valence-electron chi connectivity index (χ1n) is 3.67. The van der Waals surface area contributed by atoms with Gasteiger partial charge < -0.3 is 4.74 Å². The second-order valence-electron chi connectivity index (χ2n) is 2.44. The number of hydrogen-bond donors (Lipinski definition) is 0. The average molecular weight is 378 g/mol. The molecule has 0 spiro atoms. The van der Waals surface area contributed by atoms with Gasteiger partial charge in [0.1, 0.15) is 0 Å². The van der Waals surface area contributed by atoms with Crippen LogP contribution in [0.3, 0.4) is 0 Å². The van der Waals surface area contributed by atoms with Crippen LogP contribution in [0.5, 0.6) is 5.88 Å². The fraction of sp³-hybridized carbons (Fsp3) is 0.375. The molecule has 0 saturated carbocycles. The zero-order valence-electron chi connectivity index (χ0n) is 7.23. The van der Waals surface area contributed by atoms with Gasteiger partial charge in [0.2, 0.25) is 5.88 Å². The van der Waals surface area contributed by atoms with Crippen LogP contribution >= 0.6 is 38.5 Å². The van der Waals surface area contributed by atoms with Crippen LogP contribution in [0.2, 0.25) is 0 Å². The Hall–Kier alpha value is 0.0200. The van der Waals surface area contributed by atoms with Crippen LogP contribution in [0.15, 0.2) is 6.20 Å². The molecular weight excluding hydrogens is 371 g/mol. The molecule has 0 aliphatic rings. The standard InChI is InChI=1S/C8H7BrF2INO/c1-14-8-4(2-9)6(7(10)11)5(12)3-13-8/h3,7H,2H2,1H3. The lowest BCUT2D eigenvalue weighted by atomic mass is 10.1. The van der Waals surface area contributed by atoms with Gasteiger partial charge in [-0.1, -0.05) is 15.9 Å². The third-order valence-electron chi connectivity index (χ3n) is 1.68. The smallest absolute Gasteiger partial charge is 0.265 e. The highest BCUT2D eigenvalue weighted by Gasteiger charge is 2.20. The van der Waals surface area contributed by atoms with Crippen LogP contribution in [-0.4, -0.2) is 12.1 Å². The van der Waals surface area contributed by atoms with E-state index in [1.54, 1.807) is 0 Å². The molecule has 2 nitrogen and oxygen atoms in total. The van der Waals surface area contributed by atoms with Gasteiger partial charge in [0, 0.05) is 26.2 Å². The minimum absolute atomic E-state index is 0.00525. The predicted octanol–water partition coefficient (Wildman–Crippen LogP) is 3.53. The van der Waals surface area contributed by atoms with Gasteiger partial charge in [-0.25, -0.2) is 13.8 Å². The van der Waals surface area contributed by atoms with Crippen molar-refractivity contribution in [3.8, 4) is 5.88 Å². The molecule has 0 bridgehead atoms. The van der Waals surface area contributed by atoms with Crippen molar-refractivity contribution in [1.29, 1.82) is 0 Å². The Kier molecular flexibility index (Phi) is 4.49. The lowest BCUT2D eigenvalue weighted by Gasteiger charge is -2.11. The van der Waals surface area contributed by atoms with E-state index in [0.29, 0.717) is 14.5 Å². The van der Waals surface area contributed by atoms with E-state index in [2.05, 4.69) is 20.9 Å². The minimum Gasteiger partial charge on any atom is -0.481 e. The molecule has 0 aromatic carbocycles. The van der Waals surface area contributed by atoms with Crippen molar-refractivity contribution in [2.75, 3.05) is 7.11 Å². The molecule has 0 saturated heterocycles. The van der Waals surface area contributed by atoms with Crippen molar-refractivity contribution in [2.24, 2.45) is 0 Å². The summed E-state index contributed by atoms with van der Waals surface area (Å²) >= 11 is 4.98. The van der Waals surface area contributed by atoms with E-state index in [9.17, 15) is 8.78 Å². The summed E-state index contributed by atoms with van der Waals surface area (Å²) in [5.41, 5.74) is 0.406. The summed E-state index contributed by atoms with van der Waals surface area (Å²) in [5, 5.41) is 0.305. The topological polar surface area (TPSA) is 22.1 Å². The monoisotopic (exact) mass is 377 g/mol. The number of aromatic nitrogens is 1. The van der Waals surface area contributed by atoms with Gasteiger partial charge in [-0.05, 0) is 22.6 Å². The molecule has 0 fully saturated rings. The van der Waals surface area contributed by atoms with E-state index < -0.39 is 6.43 Å². The molecule has 78 valence electrons. The fourth-order valence-electron chi connectivity index (χ4n) is 1.06. The van der Waals surface area contributed by atoms with Gasteiger partial charge in [0.25, 0.3) is 6.43 Å². The maximum Gasteiger partial charge on any atom is 0.265 e. The van der Waals surface area contributed by atoms with Crippen molar-refractivity contribution < 1.29 is 13.5 Å². The van der Waals surface area contributed by atoms with E-state index in [1.807, 2.05) is 22.6 Å². The first-order chi connectivity index (χ1) is 6.61. The third kappa shape index (κ3) is 2.33. The van der Waals surface area contributed by atoms with E-state index in [4.69, 9.17) is 4.74 Å². The summed E-state index contributed by atoms with van der Waals surface area (Å²) < 4.78 is 30.7. The Labute approximate surface area is 102 Å². The van der Waals surface area contributed by atoms with Crippen molar-refractivity contribution in [2.45, 2.75) is 11.8 Å². The Morgan fingerprint density at radius 3 is 2.71 bits per heavy atom. The van der Waals surface area contributed by atoms with Crippen molar-refractivity contribution in [1.82, 2.24) is 4.98 Å². The first kappa shape index (κ1) is 12.1. The predicted molar refractivity (Wildman–Crippen MR) is 61.1 cm³/mol. The molecule has 1 rings (SSSR count). The third-order valence-corrected chi connectivity index (χ3v) is 3.10. The first-order valence-corrected chi connectivity index (χ1v) is 5.87. The molecule has 1 aromatic rings. The molecule has 1 heterocycles. The van der Waals surface area contributed by atoms with Gasteiger partial charge in [-0.2, -0.15) is 0 Å². The van der Waals surface area contributed by atoms with Crippen LogP contribution in [0, 0.1) is 3.57 Å². The second kappa shape index (κ2) is 5.20. The summed E-state index contributed by atoms with van der Waals surface area (Å²) in [7, 11) is 1.41. The summed E-state index contributed by atoms with van der Waals surface area (Å²) in [6.45, 7) is 0. The second-order valence-corrected chi connectivity index (χ2v) is 4.16. The quantitative estimate of drug-likeness (QED) is 0.594. The molecular formula is C8H7BrF2INO. The number of pyridine rings is 1. The SMILES string of the molecule is COc1ncc(I)c(C(F)F)c1CBr. The Bertz CT molecular complexity index is 335. The maximum absolute atomic E-state index is 12.7. The summed E-state index contributed by atoms with van der Waals surface area (Å²) in [5.74, 6) is 0.248. The average Bonchev–Trinajstić information content (AvgIpc) is 2.16. The number of ether oxygens (including phenoxy) is 1. The minimum atomic E-state index is -2.51. The lowest BCUT2D eigenvalue weighted by Crippen LogP contribution is -2.02. The van der Waals surface area contributed by atoms with Gasteiger partial charge in [-0.15, -0.1) is 0 Å². The van der Waals surface area contributed by atoms with Crippen LogP contribution < -0.4 is 4.74 Å². The molecule has 0 aliphatic carbocycles. The van der Waals surface area contributed by atoms with E-state index in [-0.39, 0.29) is 11.4 Å². The van der Waals surface area contributed by atoms with Crippen LogP contribution in [0.25, 0.3) is 0 Å². The number of nitrogens with zero attached hydrogens (tertiary/aromatic N) is 1. The summed E-state index contributed by atoms with van der Waals surface area (Å²) in [4.78, 5) is 3.92. The molecule has 0 N–H and O–H groups in total. The summed E-state index contributed by atoms with van der Waals surface area (Å²) in [6, 6.07) is 0. The van der Waals surface area contributed by atoms with Crippen molar-refractivity contribution in [3.63, 3.8) is 0 Å². The maximum atomic E-state index is 12.7. The normalized spacial score (nSPS) is 10.7. The zero-order valence-corrected chi connectivity index (χ0v) is 11.0.